The number of aryl methyl sites for hydroxylation is 1. The molecule has 0 unspecified atom stereocenters. The van der Waals surface area contributed by atoms with Crippen molar-refractivity contribution in [3.05, 3.63) is 82.4 Å². The Morgan fingerprint density at radius 3 is 2.57 bits per heavy atom. The summed E-state index contributed by atoms with van der Waals surface area (Å²) in [5.41, 5.74) is 11.6. The van der Waals surface area contributed by atoms with Crippen molar-refractivity contribution < 1.29 is 13.6 Å². The second-order valence-corrected chi connectivity index (χ2v) is 7.21. The van der Waals surface area contributed by atoms with Crippen LogP contribution < -0.4 is 5.73 Å². The van der Waals surface area contributed by atoms with Crippen LogP contribution in [0.4, 0.5) is 8.78 Å². The van der Waals surface area contributed by atoms with Gasteiger partial charge in [-0.1, -0.05) is 24.3 Å². The van der Waals surface area contributed by atoms with Crippen LogP contribution in [0.25, 0.3) is 33.3 Å². The Morgan fingerprint density at radius 2 is 1.82 bits per heavy atom. The zero-order valence-corrected chi connectivity index (χ0v) is 15.1. The minimum absolute atomic E-state index is 0.309. The topological polar surface area (TPSA) is 58.9 Å². The van der Waals surface area contributed by atoms with Crippen molar-refractivity contribution in [2.75, 3.05) is 0 Å². The fourth-order valence-corrected chi connectivity index (χ4v) is 4.06. The molecule has 138 valence electrons. The van der Waals surface area contributed by atoms with E-state index in [-0.39, 0.29) is 11.6 Å². The number of halogens is 2. The van der Waals surface area contributed by atoms with Gasteiger partial charge in [-0.05, 0) is 53.4 Å². The molecule has 1 amide bonds. The van der Waals surface area contributed by atoms with Crippen molar-refractivity contribution >= 4 is 16.8 Å². The number of hydrogen-bond acceptors (Lipinski definition) is 1. The van der Waals surface area contributed by atoms with E-state index in [2.05, 4.69) is 4.98 Å². The molecule has 5 rings (SSSR count). The van der Waals surface area contributed by atoms with Crippen molar-refractivity contribution in [1.82, 2.24) is 4.98 Å². The van der Waals surface area contributed by atoms with Crippen LogP contribution in [-0.2, 0) is 6.42 Å². The Kier molecular flexibility index (Phi) is 3.43. The van der Waals surface area contributed by atoms with Crippen LogP contribution in [0.3, 0.4) is 0 Å². The number of carbonyl (C=O) groups excluding carboxylic acids is 1. The lowest BCUT2D eigenvalue weighted by atomic mass is 10.00. The Labute approximate surface area is 159 Å². The van der Waals surface area contributed by atoms with Gasteiger partial charge in [-0.25, -0.2) is 8.78 Å². The highest BCUT2D eigenvalue weighted by atomic mass is 19.1. The molecule has 0 saturated heterocycles. The molecule has 0 atom stereocenters. The normalized spacial score (nSPS) is 12.2. The number of benzene rings is 3. The van der Waals surface area contributed by atoms with Gasteiger partial charge in [0, 0.05) is 28.5 Å². The van der Waals surface area contributed by atoms with E-state index in [0.29, 0.717) is 34.2 Å². The maximum absolute atomic E-state index is 15.3. The largest absolute Gasteiger partial charge is 0.366 e. The minimum Gasteiger partial charge on any atom is -0.366 e. The lowest BCUT2D eigenvalue weighted by Gasteiger charge is -2.07. The molecule has 0 saturated carbocycles. The quantitative estimate of drug-likeness (QED) is 0.444. The number of nitrogens with one attached hydrogen (secondary N) is 1. The van der Waals surface area contributed by atoms with E-state index < -0.39 is 5.91 Å². The molecule has 28 heavy (non-hydrogen) atoms. The Bertz CT molecular complexity index is 1300. The number of rotatable bonds is 2. The number of aromatic nitrogens is 1. The van der Waals surface area contributed by atoms with Gasteiger partial charge in [-0.15, -0.1) is 0 Å². The van der Waals surface area contributed by atoms with E-state index in [4.69, 9.17) is 5.73 Å². The maximum atomic E-state index is 15.3. The van der Waals surface area contributed by atoms with Crippen LogP contribution in [-0.4, -0.2) is 10.9 Å². The Balaban J connectivity index is 1.67. The van der Waals surface area contributed by atoms with E-state index in [1.54, 1.807) is 37.3 Å². The third-order valence-electron chi connectivity index (χ3n) is 5.51. The molecule has 3 N–H and O–H groups in total. The highest BCUT2D eigenvalue weighted by molar-refractivity contribution is 5.99. The molecule has 0 spiro atoms. The zero-order valence-electron chi connectivity index (χ0n) is 15.1. The lowest BCUT2D eigenvalue weighted by molar-refractivity contribution is 0.1000. The molecule has 1 heterocycles. The predicted octanol–water partition coefficient (Wildman–Crippen LogP) is 5.09. The fraction of sp³-hybridized carbons (Fsp3) is 0.0870. The van der Waals surface area contributed by atoms with Gasteiger partial charge in [0.1, 0.15) is 5.82 Å². The number of H-pyrrole nitrogens is 1. The van der Waals surface area contributed by atoms with E-state index in [9.17, 15) is 9.18 Å². The molecule has 3 aromatic carbocycles. The second kappa shape index (κ2) is 5.76. The van der Waals surface area contributed by atoms with E-state index in [0.717, 1.165) is 27.8 Å². The van der Waals surface area contributed by atoms with Gasteiger partial charge in [0.15, 0.2) is 5.82 Å². The van der Waals surface area contributed by atoms with Gasteiger partial charge >= 0.3 is 0 Å². The van der Waals surface area contributed by atoms with Gasteiger partial charge in [-0.2, -0.15) is 0 Å². The average Bonchev–Trinajstić information content (AvgIpc) is 3.20. The summed E-state index contributed by atoms with van der Waals surface area (Å²) in [5, 5.41) is 0.812. The van der Waals surface area contributed by atoms with Crippen molar-refractivity contribution in [2.24, 2.45) is 5.73 Å². The molecule has 1 aliphatic rings. The molecule has 1 aliphatic carbocycles. The number of amides is 1. The monoisotopic (exact) mass is 374 g/mol. The number of carbonyl (C=O) groups is 1. The standard InChI is InChI=1S/C23H16F2N2O/c1-11-8-12(3-7-19(11)24)15-5-6-17-18-10-14-9-13(23(26)28)2-4-16(14)21(18)27-22(17)20(15)25/h2-9,27H,10H2,1H3,(H2,26,28). The minimum atomic E-state index is -0.464. The van der Waals surface area contributed by atoms with Crippen LogP contribution in [0.15, 0.2) is 48.5 Å². The highest BCUT2D eigenvalue weighted by Crippen LogP contribution is 2.42. The SMILES string of the molecule is Cc1cc(-c2ccc3c4c([nH]c3c2F)-c2ccc(C(N)=O)cc2C4)ccc1F. The Morgan fingerprint density at radius 1 is 1.04 bits per heavy atom. The molecular formula is C23H16F2N2O. The lowest BCUT2D eigenvalue weighted by Crippen LogP contribution is -2.10. The number of nitrogens with two attached hydrogens (primary N) is 1. The Hall–Kier alpha value is -3.47. The van der Waals surface area contributed by atoms with Crippen LogP contribution in [0.2, 0.25) is 0 Å². The summed E-state index contributed by atoms with van der Waals surface area (Å²) in [6.07, 6.45) is 0.611. The summed E-state index contributed by atoms with van der Waals surface area (Å²) in [6.45, 7) is 1.66. The van der Waals surface area contributed by atoms with Gasteiger partial charge in [0.25, 0.3) is 0 Å². The number of fused-ring (bicyclic) bond motifs is 5. The second-order valence-electron chi connectivity index (χ2n) is 7.21. The van der Waals surface area contributed by atoms with Crippen molar-refractivity contribution in [3.63, 3.8) is 0 Å². The molecule has 0 bridgehead atoms. The number of aromatic amines is 1. The van der Waals surface area contributed by atoms with E-state index in [1.807, 2.05) is 12.1 Å². The van der Waals surface area contributed by atoms with Gasteiger partial charge in [0.2, 0.25) is 5.91 Å². The summed E-state index contributed by atoms with van der Waals surface area (Å²) in [6, 6.07) is 13.5. The van der Waals surface area contributed by atoms with Gasteiger partial charge < -0.3 is 10.7 Å². The smallest absolute Gasteiger partial charge is 0.248 e. The summed E-state index contributed by atoms with van der Waals surface area (Å²) in [5.74, 6) is -1.13. The zero-order chi connectivity index (χ0) is 19.6. The first-order valence-corrected chi connectivity index (χ1v) is 8.96. The van der Waals surface area contributed by atoms with Gasteiger partial charge in [0.05, 0.1) is 11.2 Å². The first-order chi connectivity index (χ1) is 13.4. The summed E-state index contributed by atoms with van der Waals surface area (Å²) < 4.78 is 28.9. The third-order valence-corrected chi connectivity index (χ3v) is 5.51. The number of primary amides is 1. The van der Waals surface area contributed by atoms with Crippen LogP contribution in [0.1, 0.15) is 27.0 Å². The number of hydrogen-bond donors (Lipinski definition) is 2. The van der Waals surface area contributed by atoms with Gasteiger partial charge in [-0.3, -0.25) is 4.79 Å². The maximum Gasteiger partial charge on any atom is 0.248 e. The first kappa shape index (κ1) is 16.7. The predicted molar refractivity (Wildman–Crippen MR) is 105 cm³/mol. The molecule has 5 heteroatoms. The summed E-state index contributed by atoms with van der Waals surface area (Å²) in [4.78, 5) is 14.6. The van der Waals surface area contributed by atoms with E-state index in [1.165, 1.54) is 6.07 Å². The van der Waals surface area contributed by atoms with E-state index >= 15 is 4.39 Å². The highest BCUT2D eigenvalue weighted by Gasteiger charge is 2.26. The fourth-order valence-electron chi connectivity index (χ4n) is 4.06. The third kappa shape index (κ3) is 2.29. The van der Waals surface area contributed by atoms with Crippen molar-refractivity contribution in [2.45, 2.75) is 13.3 Å². The molecule has 0 fully saturated rings. The molecular weight excluding hydrogens is 358 g/mol. The molecule has 0 aliphatic heterocycles. The van der Waals surface area contributed by atoms with Crippen molar-refractivity contribution in [3.8, 4) is 22.4 Å². The summed E-state index contributed by atoms with van der Waals surface area (Å²) in [7, 11) is 0. The molecule has 4 aromatic rings. The average molecular weight is 374 g/mol. The summed E-state index contributed by atoms with van der Waals surface area (Å²) >= 11 is 0. The van der Waals surface area contributed by atoms with Crippen LogP contribution in [0, 0.1) is 18.6 Å². The van der Waals surface area contributed by atoms with Crippen molar-refractivity contribution in [1.29, 1.82) is 0 Å². The molecule has 1 aromatic heterocycles. The molecule has 3 nitrogen and oxygen atoms in total. The molecule has 0 radical (unpaired) electrons. The first-order valence-electron chi connectivity index (χ1n) is 8.96. The van der Waals surface area contributed by atoms with Crippen LogP contribution >= 0.6 is 0 Å². The van der Waals surface area contributed by atoms with Crippen LogP contribution in [0.5, 0.6) is 0 Å².